The minimum absolute atomic E-state index is 0.112. The molecule has 1 saturated heterocycles. The summed E-state index contributed by atoms with van der Waals surface area (Å²) in [6.07, 6.45) is 1.66. The number of rotatable bonds is 5. The third-order valence-electron chi connectivity index (χ3n) is 7.50. The first kappa shape index (κ1) is 24.1. The molecule has 38 heavy (non-hydrogen) atoms. The highest BCUT2D eigenvalue weighted by atomic mass is 16.2. The van der Waals surface area contributed by atoms with Gasteiger partial charge in [-0.05, 0) is 43.5 Å². The average Bonchev–Trinajstić information content (AvgIpc) is 3.25. The van der Waals surface area contributed by atoms with Gasteiger partial charge < -0.3 is 9.80 Å². The Morgan fingerprint density at radius 1 is 0.895 bits per heavy atom. The first-order valence-corrected chi connectivity index (χ1v) is 13.4. The van der Waals surface area contributed by atoms with E-state index in [1.165, 1.54) is 5.56 Å². The van der Waals surface area contributed by atoms with Crippen molar-refractivity contribution in [1.82, 2.24) is 24.5 Å². The molecule has 1 fully saturated rings. The SMILES string of the molecule is CC[C@@H](C(=O)N1CCCN(c2nc3ccccc3c3nnc(-c4cccc(C)c4)n23)CC1)c1ccccc1. The van der Waals surface area contributed by atoms with E-state index in [0.29, 0.717) is 13.1 Å². The van der Waals surface area contributed by atoms with Crippen molar-refractivity contribution < 1.29 is 4.79 Å². The van der Waals surface area contributed by atoms with Crippen LogP contribution in [-0.4, -0.2) is 56.6 Å². The van der Waals surface area contributed by atoms with Gasteiger partial charge in [-0.2, -0.15) is 0 Å². The van der Waals surface area contributed by atoms with Crippen LogP contribution in [0.2, 0.25) is 0 Å². The Kier molecular flexibility index (Phi) is 6.50. The second-order valence-electron chi connectivity index (χ2n) is 10.0. The van der Waals surface area contributed by atoms with Crippen LogP contribution < -0.4 is 4.90 Å². The van der Waals surface area contributed by atoms with Gasteiger partial charge in [0.15, 0.2) is 11.5 Å². The number of amides is 1. The first-order chi connectivity index (χ1) is 18.6. The van der Waals surface area contributed by atoms with Crippen LogP contribution >= 0.6 is 0 Å². The summed E-state index contributed by atoms with van der Waals surface area (Å²) in [5.74, 6) is 1.70. The van der Waals surface area contributed by atoms with Gasteiger partial charge in [0.1, 0.15) is 0 Å². The average molecular weight is 505 g/mol. The van der Waals surface area contributed by atoms with Crippen molar-refractivity contribution in [2.45, 2.75) is 32.6 Å². The van der Waals surface area contributed by atoms with Gasteiger partial charge in [0, 0.05) is 37.1 Å². The number of benzene rings is 3. The first-order valence-electron chi connectivity index (χ1n) is 13.4. The maximum absolute atomic E-state index is 13.6. The summed E-state index contributed by atoms with van der Waals surface area (Å²) in [6.45, 7) is 7.07. The number of carbonyl (C=O) groups excluding carboxylic acids is 1. The van der Waals surface area contributed by atoms with E-state index in [1.54, 1.807) is 0 Å². The molecule has 0 unspecified atom stereocenters. The summed E-state index contributed by atoms with van der Waals surface area (Å²) in [5, 5.41) is 10.2. The maximum Gasteiger partial charge on any atom is 0.230 e. The van der Waals surface area contributed by atoms with E-state index in [1.807, 2.05) is 53.4 Å². The van der Waals surface area contributed by atoms with E-state index >= 15 is 0 Å². The van der Waals surface area contributed by atoms with E-state index in [2.05, 4.69) is 63.7 Å². The third kappa shape index (κ3) is 4.38. The monoisotopic (exact) mass is 504 g/mol. The molecule has 0 aliphatic carbocycles. The Bertz CT molecular complexity index is 1590. The fourth-order valence-corrected chi connectivity index (χ4v) is 5.55. The topological polar surface area (TPSA) is 66.6 Å². The normalized spacial score (nSPS) is 15.1. The standard InChI is InChI=1S/C31H32N6O/c1-3-25(23-12-5-4-6-13-23)30(38)35-17-10-18-36(20-19-35)31-32-27-16-8-7-15-26(27)29-34-33-28(37(29)31)24-14-9-11-22(2)21-24/h4-9,11-16,21,25H,3,10,17-20H2,1-2H3/t25-/m1/s1. The number of para-hydroxylation sites is 1. The van der Waals surface area contributed by atoms with E-state index in [9.17, 15) is 4.79 Å². The lowest BCUT2D eigenvalue weighted by Gasteiger charge is -2.27. The number of aryl methyl sites for hydroxylation is 1. The van der Waals surface area contributed by atoms with Gasteiger partial charge in [-0.15, -0.1) is 10.2 Å². The summed E-state index contributed by atoms with van der Waals surface area (Å²) in [5.41, 5.74) is 4.96. The van der Waals surface area contributed by atoms with Crippen LogP contribution in [0.4, 0.5) is 5.95 Å². The van der Waals surface area contributed by atoms with E-state index in [4.69, 9.17) is 4.98 Å². The lowest BCUT2D eigenvalue weighted by molar-refractivity contribution is -0.132. The zero-order valence-corrected chi connectivity index (χ0v) is 21.9. The molecule has 1 aliphatic rings. The predicted octanol–water partition coefficient (Wildman–Crippen LogP) is 5.49. The Morgan fingerprint density at radius 2 is 1.71 bits per heavy atom. The number of fused-ring (bicyclic) bond motifs is 3. The Morgan fingerprint density at radius 3 is 2.53 bits per heavy atom. The molecule has 5 aromatic rings. The quantitative estimate of drug-likeness (QED) is 0.317. The molecule has 1 aliphatic heterocycles. The summed E-state index contributed by atoms with van der Waals surface area (Å²) in [4.78, 5) is 23.1. The molecule has 3 heterocycles. The van der Waals surface area contributed by atoms with Gasteiger partial charge in [0.2, 0.25) is 11.9 Å². The van der Waals surface area contributed by atoms with E-state index in [0.717, 1.165) is 65.4 Å². The van der Waals surface area contributed by atoms with Crippen LogP contribution in [0.5, 0.6) is 0 Å². The third-order valence-corrected chi connectivity index (χ3v) is 7.50. The fourth-order valence-electron chi connectivity index (χ4n) is 5.55. The minimum Gasteiger partial charge on any atom is -0.340 e. The number of anilines is 1. The summed E-state index contributed by atoms with van der Waals surface area (Å²) >= 11 is 0. The largest absolute Gasteiger partial charge is 0.340 e. The molecule has 0 spiro atoms. The fraction of sp³-hybridized carbons (Fsp3) is 0.290. The summed E-state index contributed by atoms with van der Waals surface area (Å²) in [6, 6.07) is 26.6. The van der Waals surface area contributed by atoms with Crippen molar-refractivity contribution >= 4 is 28.4 Å². The number of aromatic nitrogens is 4. The lowest BCUT2D eigenvalue weighted by Crippen LogP contribution is -2.38. The molecule has 0 N–H and O–H groups in total. The molecule has 2 aromatic heterocycles. The van der Waals surface area contributed by atoms with Crippen LogP contribution in [0.15, 0.2) is 78.9 Å². The van der Waals surface area contributed by atoms with Gasteiger partial charge in [-0.3, -0.25) is 4.79 Å². The van der Waals surface area contributed by atoms with Crippen LogP contribution in [0, 0.1) is 6.92 Å². The number of carbonyl (C=O) groups is 1. The predicted molar refractivity (Wildman–Crippen MR) is 151 cm³/mol. The van der Waals surface area contributed by atoms with Gasteiger partial charge in [0.25, 0.3) is 0 Å². The Balaban J connectivity index is 1.37. The van der Waals surface area contributed by atoms with Crippen LogP contribution in [0.25, 0.3) is 27.9 Å². The molecule has 0 radical (unpaired) electrons. The molecule has 3 aromatic carbocycles. The molecule has 1 amide bonds. The van der Waals surface area contributed by atoms with Crippen molar-refractivity contribution in [3.63, 3.8) is 0 Å². The summed E-state index contributed by atoms with van der Waals surface area (Å²) in [7, 11) is 0. The van der Waals surface area contributed by atoms with Crippen LogP contribution in [0.1, 0.15) is 36.8 Å². The minimum atomic E-state index is -0.112. The molecule has 0 bridgehead atoms. The van der Waals surface area contributed by atoms with Crippen molar-refractivity contribution in [3.8, 4) is 11.4 Å². The highest BCUT2D eigenvalue weighted by Crippen LogP contribution is 2.30. The van der Waals surface area contributed by atoms with Gasteiger partial charge in [-0.25, -0.2) is 9.38 Å². The lowest BCUT2D eigenvalue weighted by atomic mass is 9.95. The number of hydrogen-bond acceptors (Lipinski definition) is 5. The molecular weight excluding hydrogens is 472 g/mol. The zero-order valence-electron chi connectivity index (χ0n) is 21.9. The highest BCUT2D eigenvalue weighted by Gasteiger charge is 2.28. The Hall–Kier alpha value is -4.26. The zero-order chi connectivity index (χ0) is 26.1. The van der Waals surface area contributed by atoms with Crippen molar-refractivity contribution in [1.29, 1.82) is 0 Å². The van der Waals surface area contributed by atoms with Crippen molar-refractivity contribution in [2.75, 3.05) is 31.1 Å². The molecule has 192 valence electrons. The molecule has 1 atom stereocenters. The maximum atomic E-state index is 13.6. The van der Waals surface area contributed by atoms with Crippen LogP contribution in [-0.2, 0) is 4.79 Å². The molecule has 7 nitrogen and oxygen atoms in total. The van der Waals surface area contributed by atoms with Crippen molar-refractivity contribution in [2.24, 2.45) is 0 Å². The molecule has 6 rings (SSSR count). The molecule has 7 heteroatoms. The van der Waals surface area contributed by atoms with Crippen LogP contribution in [0.3, 0.4) is 0 Å². The van der Waals surface area contributed by atoms with Crippen molar-refractivity contribution in [3.05, 3.63) is 90.0 Å². The summed E-state index contributed by atoms with van der Waals surface area (Å²) < 4.78 is 2.09. The number of nitrogens with zero attached hydrogens (tertiary/aromatic N) is 6. The van der Waals surface area contributed by atoms with E-state index < -0.39 is 0 Å². The number of hydrogen-bond donors (Lipinski definition) is 0. The molecular formula is C31H32N6O. The van der Waals surface area contributed by atoms with Gasteiger partial charge in [0.05, 0.1) is 11.4 Å². The van der Waals surface area contributed by atoms with Gasteiger partial charge in [-0.1, -0.05) is 73.2 Å². The molecule has 0 saturated carbocycles. The Labute approximate surface area is 222 Å². The second kappa shape index (κ2) is 10.2. The second-order valence-corrected chi connectivity index (χ2v) is 10.0. The van der Waals surface area contributed by atoms with Gasteiger partial charge >= 0.3 is 0 Å². The smallest absolute Gasteiger partial charge is 0.230 e. The van der Waals surface area contributed by atoms with E-state index in [-0.39, 0.29) is 11.8 Å². The highest BCUT2D eigenvalue weighted by molar-refractivity contribution is 5.93.